The Balaban J connectivity index is 1.73. The molecule has 0 saturated heterocycles. The van der Waals surface area contributed by atoms with Gasteiger partial charge in [-0.25, -0.2) is 12.8 Å². The van der Waals surface area contributed by atoms with Gasteiger partial charge in [0.25, 0.3) is 10.0 Å². The second kappa shape index (κ2) is 13.9. The molecule has 7 nitrogen and oxygen atoms in total. The molecule has 1 N–H and O–H groups in total. The van der Waals surface area contributed by atoms with Crippen LogP contribution in [-0.2, 0) is 26.2 Å². The van der Waals surface area contributed by atoms with E-state index in [9.17, 15) is 22.4 Å². The summed E-state index contributed by atoms with van der Waals surface area (Å²) >= 11 is 12.6. The highest BCUT2D eigenvalue weighted by Gasteiger charge is 2.35. The van der Waals surface area contributed by atoms with Crippen molar-refractivity contribution in [3.05, 3.63) is 93.7 Å². The number of hydrogen-bond acceptors (Lipinski definition) is 4. The van der Waals surface area contributed by atoms with E-state index in [0.29, 0.717) is 22.0 Å². The molecule has 4 rings (SSSR count). The standard InChI is InChI=1S/C31H34Cl2FN3O4S/c1-3-29(31(39)35-25-6-4-5-7-25)36(19-22-10-11-23(32)18-28(22)33)30(38)20-37(26-14-8-21(2)9-15-26)42(40,41)27-16-12-24(34)13-17-27/h8-18,25,29H,3-7,19-20H2,1-2H3,(H,35,39). The minimum atomic E-state index is -4.30. The summed E-state index contributed by atoms with van der Waals surface area (Å²) in [7, 11) is -4.30. The van der Waals surface area contributed by atoms with Gasteiger partial charge < -0.3 is 10.2 Å². The first kappa shape index (κ1) is 31.8. The lowest BCUT2D eigenvalue weighted by molar-refractivity contribution is -0.140. The minimum absolute atomic E-state index is 0.0329. The van der Waals surface area contributed by atoms with E-state index in [-0.39, 0.29) is 29.1 Å². The van der Waals surface area contributed by atoms with Gasteiger partial charge in [-0.15, -0.1) is 0 Å². The number of anilines is 1. The maximum atomic E-state index is 14.2. The van der Waals surface area contributed by atoms with Gasteiger partial charge in [0.15, 0.2) is 0 Å². The third-order valence-corrected chi connectivity index (χ3v) is 9.82. The van der Waals surface area contributed by atoms with Gasteiger partial charge in [0, 0.05) is 22.6 Å². The van der Waals surface area contributed by atoms with Crippen molar-refractivity contribution < 1.29 is 22.4 Å². The Kier molecular flexibility index (Phi) is 10.5. The Bertz CT molecular complexity index is 1510. The summed E-state index contributed by atoms with van der Waals surface area (Å²) in [4.78, 5) is 28.9. The van der Waals surface area contributed by atoms with Gasteiger partial charge in [-0.05, 0) is 80.3 Å². The van der Waals surface area contributed by atoms with Gasteiger partial charge >= 0.3 is 0 Å². The van der Waals surface area contributed by atoms with Crippen molar-refractivity contribution in [2.24, 2.45) is 0 Å². The van der Waals surface area contributed by atoms with Gasteiger partial charge in [0.05, 0.1) is 10.6 Å². The van der Waals surface area contributed by atoms with Crippen LogP contribution in [0.1, 0.15) is 50.2 Å². The molecule has 0 radical (unpaired) electrons. The van der Waals surface area contributed by atoms with Gasteiger partial charge in [-0.1, -0.05) is 66.7 Å². The lowest BCUT2D eigenvalue weighted by atomic mass is 10.1. The van der Waals surface area contributed by atoms with Crippen LogP contribution in [0.25, 0.3) is 0 Å². The fourth-order valence-corrected chi connectivity index (χ4v) is 6.98. The molecule has 42 heavy (non-hydrogen) atoms. The van der Waals surface area contributed by atoms with Crippen LogP contribution in [0.3, 0.4) is 0 Å². The normalized spacial score (nSPS) is 14.4. The van der Waals surface area contributed by atoms with Crippen molar-refractivity contribution in [3.63, 3.8) is 0 Å². The molecule has 1 fully saturated rings. The molecule has 0 heterocycles. The fraction of sp³-hybridized carbons (Fsp3) is 0.355. The summed E-state index contributed by atoms with van der Waals surface area (Å²) < 4.78 is 42.3. The number of hydrogen-bond donors (Lipinski definition) is 1. The molecule has 3 aromatic rings. The van der Waals surface area contributed by atoms with Crippen LogP contribution in [0.4, 0.5) is 10.1 Å². The van der Waals surface area contributed by atoms with Gasteiger partial charge in [0.1, 0.15) is 18.4 Å². The van der Waals surface area contributed by atoms with E-state index in [1.165, 1.54) is 4.90 Å². The first-order valence-electron chi connectivity index (χ1n) is 13.9. The third-order valence-electron chi connectivity index (χ3n) is 7.45. The second-order valence-corrected chi connectivity index (χ2v) is 13.2. The number of sulfonamides is 1. The number of nitrogens with zero attached hydrogens (tertiary/aromatic N) is 2. The summed E-state index contributed by atoms with van der Waals surface area (Å²) in [5, 5.41) is 3.81. The number of rotatable bonds is 11. The van der Waals surface area contributed by atoms with Crippen molar-refractivity contribution in [2.75, 3.05) is 10.8 Å². The summed E-state index contributed by atoms with van der Waals surface area (Å²) in [6, 6.07) is 15.1. The Labute approximate surface area is 256 Å². The van der Waals surface area contributed by atoms with E-state index in [1.807, 2.05) is 6.92 Å². The zero-order valence-electron chi connectivity index (χ0n) is 23.5. The average molecular weight is 635 g/mol. The molecule has 1 saturated carbocycles. The maximum absolute atomic E-state index is 14.2. The van der Waals surface area contributed by atoms with Crippen LogP contribution in [0, 0.1) is 12.7 Å². The molecule has 1 aliphatic carbocycles. The van der Waals surface area contributed by atoms with Gasteiger partial charge in [0.2, 0.25) is 11.8 Å². The number of carbonyl (C=O) groups excluding carboxylic acids is 2. The Morgan fingerprint density at radius 1 is 1.00 bits per heavy atom. The van der Waals surface area contributed by atoms with Crippen LogP contribution < -0.4 is 9.62 Å². The molecule has 2 amide bonds. The molecule has 0 spiro atoms. The predicted molar refractivity (Wildman–Crippen MR) is 164 cm³/mol. The van der Waals surface area contributed by atoms with E-state index < -0.39 is 34.3 Å². The SMILES string of the molecule is CCC(C(=O)NC1CCCC1)N(Cc1ccc(Cl)cc1Cl)C(=O)CN(c1ccc(C)cc1)S(=O)(=O)c1ccc(F)cc1. The minimum Gasteiger partial charge on any atom is -0.352 e. The lowest BCUT2D eigenvalue weighted by Gasteiger charge is -2.34. The van der Waals surface area contributed by atoms with Crippen LogP contribution in [0.5, 0.6) is 0 Å². The zero-order chi connectivity index (χ0) is 30.4. The number of carbonyl (C=O) groups is 2. The third kappa shape index (κ3) is 7.62. The molecule has 0 aromatic heterocycles. The summed E-state index contributed by atoms with van der Waals surface area (Å²) in [6.07, 6.45) is 4.09. The number of benzene rings is 3. The molecular weight excluding hydrogens is 600 g/mol. The quantitative estimate of drug-likeness (QED) is 0.261. The number of aryl methyl sites for hydroxylation is 1. The van der Waals surface area contributed by atoms with Crippen molar-refractivity contribution >= 4 is 50.7 Å². The van der Waals surface area contributed by atoms with Crippen LogP contribution in [-0.4, -0.2) is 43.8 Å². The molecule has 224 valence electrons. The Hall–Kier alpha value is -3.14. The highest BCUT2D eigenvalue weighted by atomic mass is 35.5. The number of halogens is 3. The fourth-order valence-electron chi connectivity index (χ4n) is 5.09. The van der Waals surface area contributed by atoms with E-state index in [2.05, 4.69) is 5.32 Å². The van der Waals surface area contributed by atoms with Crippen molar-refractivity contribution in [3.8, 4) is 0 Å². The molecule has 1 atom stereocenters. The van der Waals surface area contributed by atoms with E-state index >= 15 is 0 Å². The highest BCUT2D eigenvalue weighted by Crippen LogP contribution is 2.27. The van der Waals surface area contributed by atoms with Crippen molar-refractivity contribution in [1.82, 2.24) is 10.2 Å². The zero-order valence-corrected chi connectivity index (χ0v) is 25.9. The molecule has 0 bridgehead atoms. The van der Waals surface area contributed by atoms with Crippen molar-refractivity contribution in [2.45, 2.75) is 69.5 Å². The lowest BCUT2D eigenvalue weighted by Crippen LogP contribution is -2.53. The topological polar surface area (TPSA) is 86.8 Å². The van der Waals surface area contributed by atoms with E-state index in [0.717, 1.165) is 59.8 Å². The smallest absolute Gasteiger partial charge is 0.264 e. The molecular formula is C31H34Cl2FN3O4S. The van der Waals surface area contributed by atoms with E-state index in [1.54, 1.807) is 49.4 Å². The summed E-state index contributed by atoms with van der Waals surface area (Å²) in [6.45, 7) is 3.03. The number of amides is 2. The average Bonchev–Trinajstić information content (AvgIpc) is 3.46. The molecule has 3 aromatic carbocycles. The van der Waals surface area contributed by atoms with Gasteiger partial charge in [-0.3, -0.25) is 13.9 Å². The molecule has 11 heteroatoms. The first-order chi connectivity index (χ1) is 20.0. The number of nitrogens with one attached hydrogen (secondary N) is 1. The largest absolute Gasteiger partial charge is 0.352 e. The summed E-state index contributed by atoms with van der Waals surface area (Å²) in [5.41, 5.74) is 1.72. The Morgan fingerprint density at radius 3 is 2.24 bits per heavy atom. The maximum Gasteiger partial charge on any atom is 0.264 e. The van der Waals surface area contributed by atoms with E-state index in [4.69, 9.17) is 23.2 Å². The monoisotopic (exact) mass is 633 g/mol. The Morgan fingerprint density at radius 2 is 1.64 bits per heavy atom. The molecule has 1 unspecified atom stereocenters. The first-order valence-corrected chi connectivity index (χ1v) is 16.1. The van der Waals surface area contributed by atoms with Crippen molar-refractivity contribution in [1.29, 1.82) is 0 Å². The predicted octanol–water partition coefficient (Wildman–Crippen LogP) is 6.50. The highest BCUT2D eigenvalue weighted by molar-refractivity contribution is 7.92. The molecule has 1 aliphatic rings. The van der Waals surface area contributed by atoms with Crippen LogP contribution in [0.2, 0.25) is 10.0 Å². The molecule has 0 aliphatic heterocycles. The van der Waals surface area contributed by atoms with Crippen LogP contribution >= 0.6 is 23.2 Å². The van der Waals surface area contributed by atoms with Gasteiger partial charge in [-0.2, -0.15) is 0 Å². The van der Waals surface area contributed by atoms with Crippen LogP contribution in [0.15, 0.2) is 71.6 Å². The summed E-state index contributed by atoms with van der Waals surface area (Å²) in [5.74, 6) is -1.48. The second-order valence-electron chi connectivity index (χ2n) is 10.5.